The van der Waals surface area contributed by atoms with Crippen molar-refractivity contribution in [1.82, 2.24) is 0 Å². The Morgan fingerprint density at radius 1 is 1.36 bits per heavy atom. The van der Waals surface area contributed by atoms with Crippen molar-refractivity contribution in [3.63, 3.8) is 0 Å². The molecule has 0 spiro atoms. The zero-order valence-corrected chi connectivity index (χ0v) is 8.06. The van der Waals surface area contributed by atoms with E-state index in [1.54, 1.807) is 6.21 Å². The highest BCUT2D eigenvalue weighted by atomic mass is 14.3. The fourth-order valence-electron chi connectivity index (χ4n) is 1.57. The normalized spacial score (nSPS) is 13.5. The Kier molecular flexibility index (Phi) is 6.19. The first-order chi connectivity index (χ1) is 5.20. The van der Waals surface area contributed by atoms with Gasteiger partial charge in [0.15, 0.2) is 0 Å². The minimum absolute atomic E-state index is 0.762. The third-order valence-corrected chi connectivity index (χ3v) is 1.95. The van der Waals surface area contributed by atoms with Gasteiger partial charge in [0.2, 0.25) is 0 Å². The van der Waals surface area contributed by atoms with Crippen LogP contribution in [-0.2, 0) is 0 Å². The maximum absolute atomic E-state index is 7.03. The molecule has 0 saturated heterocycles. The van der Waals surface area contributed by atoms with Gasteiger partial charge in [-0.15, -0.1) is 0 Å². The van der Waals surface area contributed by atoms with Crippen LogP contribution in [0, 0.1) is 17.2 Å². The average molecular weight is 155 g/mol. The SMILES string of the molecule is CCCC(CC=N)CC(C)C. The predicted molar refractivity (Wildman–Crippen MR) is 51.3 cm³/mol. The van der Waals surface area contributed by atoms with Gasteiger partial charge in [-0.25, -0.2) is 0 Å². The van der Waals surface area contributed by atoms with Crippen molar-refractivity contribution in [2.45, 2.75) is 46.5 Å². The third-order valence-electron chi connectivity index (χ3n) is 1.95. The fourth-order valence-corrected chi connectivity index (χ4v) is 1.57. The van der Waals surface area contributed by atoms with Crippen LogP contribution in [0.2, 0.25) is 0 Å². The second kappa shape index (κ2) is 6.38. The second-order valence-corrected chi connectivity index (χ2v) is 3.72. The molecular weight excluding hydrogens is 134 g/mol. The topological polar surface area (TPSA) is 23.9 Å². The van der Waals surface area contributed by atoms with Gasteiger partial charge in [0.05, 0.1) is 0 Å². The van der Waals surface area contributed by atoms with Crippen LogP contribution >= 0.6 is 0 Å². The highest BCUT2D eigenvalue weighted by molar-refractivity contribution is 5.53. The van der Waals surface area contributed by atoms with Gasteiger partial charge < -0.3 is 5.41 Å². The average Bonchev–Trinajstić information content (AvgIpc) is 1.87. The summed E-state index contributed by atoms with van der Waals surface area (Å²) in [5, 5.41) is 7.03. The summed E-state index contributed by atoms with van der Waals surface area (Å²) in [6.45, 7) is 6.73. The molecule has 0 aliphatic heterocycles. The summed E-state index contributed by atoms with van der Waals surface area (Å²) in [4.78, 5) is 0. The van der Waals surface area contributed by atoms with E-state index in [1.807, 2.05) is 0 Å². The smallest absolute Gasteiger partial charge is 0.00450 e. The Hall–Kier alpha value is -0.330. The molecule has 0 rings (SSSR count). The lowest BCUT2D eigenvalue weighted by Gasteiger charge is -2.15. The van der Waals surface area contributed by atoms with Crippen LogP contribution in [0.4, 0.5) is 0 Å². The molecule has 0 aliphatic rings. The maximum Gasteiger partial charge on any atom is -0.00450 e. The van der Waals surface area contributed by atoms with Gasteiger partial charge in [-0.1, -0.05) is 33.6 Å². The lowest BCUT2D eigenvalue weighted by atomic mass is 9.91. The fraction of sp³-hybridized carbons (Fsp3) is 0.900. The van der Waals surface area contributed by atoms with E-state index >= 15 is 0 Å². The van der Waals surface area contributed by atoms with Gasteiger partial charge in [0.1, 0.15) is 0 Å². The van der Waals surface area contributed by atoms with E-state index in [0.29, 0.717) is 0 Å². The molecule has 0 aromatic heterocycles. The molecule has 1 unspecified atom stereocenters. The van der Waals surface area contributed by atoms with Crippen LogP contribution in [0.3, 0.4) is 0 Å². The molecule has 0 bridgehead atoms. The Labute approximate surface area is 70.7 Å². The molecule has 0 radical (unpaired) electrons. The van der Waals surface area contributed by atoms with E-state index in [2.05, 4.69) is 20.8 Å². The summed E-state index contributed by atoms with van der Waals surface area (Å²) in [6.07, 6.45) is 6.36. The Bertz CT molecular complexity index is 97.0. The summed E-state index contributed by atoms with van der Waals surface area (Å²) in [6, 6.07) is 0. The molecule has 66 valence electrons. The predicted octanol–water partition coefficient (Wildman–Crippen LogP) is 3.49. The molecule has 0 aromatic carbocycles. The highest BCUT2D eigenvalue weighted by Gasteiger charge is 2.07. The van der Waals surface area contributed by atoms with Crippen LogP contribution < -0.4 is 0 Å². The first-order valence-electron chi connectivity index (χ1n) is 4.69. The van der Waals surface area contributed by atoms with Gasteiger partial charge in [-0.05, 0) is 30.9 Å². The lowest BCUT2D eigenvalue weighted by Crippen LogP contribution is -2.04. The van der Waals surface area contributed by atoms with Crippen molar-refractivity contribution >= 4 is 6.21 Å². The largest absolute Gasteiger partial charge is 0.313 e. The van der Waals surface area contributed by atoms with E-state index in [0.717, 1.165) is 18.3 Å². The van der Waals surface area contributed by atoms with Crippen LogP contribution in [0.1, 0.15) is 46.5 Å². The summed E-state index contributed by atoms with van der Waals surface area (Å²) in [5.41, 5.74) is 0. The summed E-state index contributed by atoms with van der Waals surface area (Å²) < 4.78 is 0. The van der Waals surface area contributed by atoms with Crippen LogP contribution in [-0.4, -0.2) is 6.21 Å². The third kappa shape index (κ3) is 6.08. The van der Waals surface area contributed by atoms with Gasteiger partial charge in [0, 0.05) is 0 Å². The van der Waals surface area contributed by atoms with E-state index in [4.69, 9.17) is 5.41 Å². The van der Waals surface area contributed by atoms with Crippen molar-refractivity contribution < 1.29 is 0 Å². The second-order valence-electron chi connectivity index (χ2n) is 3.72. The molecule has 0 saturated carbocycles. The summed E-state index contributed by atoms with van der Waals surface area (Å²) in [7, 11) is 0. The van der Waals surface area contributed by atoms with E-state index in [9.17, 15) is 0 Å². The quantitative estimate of drug-likeness (QED) is 0.568. The van der Waals surface area contributed by atoms with Crippen molar-refractivity contribution in [1.29, 1.82) is 5.41 Å². The van der Waals surface area contributed by atoms with Crippen LogP contribution in [0.15, 0.2) is 0 Å². The number of hydrogen-bond donors (Lipinski definition) is 1. The van der Waals surface area contributed by atoms with Gasteiger partial charge in [0.25, 0.3) is 0 Å². The Morgan fingerprint density at radius 3 is 2.36 bits per heavy atom. The van der Waals surface area contributed by atoms with Crippen molar-refractivity contribution in [3.8, 4) is 0 Å². The minimum Gasteiger partial charge on any atom is -0.313 e. The lowest BCUT2D eigenvalue weighted by molar-refractivity contribution is 0.395. The zero-order chi connectivity index (χ0) is 8.69. The van der Waals surface area contributed by atoms with Crippen LogP contribution in [0.5, 0.6) is 0 Å². The summed E-state index contributed by atoms with van der Waals surface area (Å²) >= 11 is 0. The number of rotatable bonds is 6. The molecular formula is C10H21N. The summed E-state index contributed by atoms with van der Waals surface area (Å²) in [5.74, 6) is 1.55. The van der Waals surface area contributed by atoms with Crippen molar-refractivity contribution in [2.75, 3.05) is 0 Å². The molecule has 11 heavy (non-hydrogen) atoms. The molecule has 0 heterocycles. The van der Waals surface area contributed by atoms with E-state index < -0.39 is 0 Å². The zero-order valence-electron chi connectivity index (χ0n) is 8.06. The highest BCUT2D eigenvalue weighted by Crippen LogP contribution is 2.19. The molecule has 0 amide bonds. The van der Waals surface area contributed by atoms with Gasteiger partial charge >= 0.3 is 0 Å². The number of hydrogen-bond acceptors (Lipinski definition) is 1. The van der Waals surface area contributed by atoms with Crippen molar-refractivity contribution in [2.24, 2.45) is 11.8 Å². The van der Waals surface area contributed by atoms with Crippen molar-refractivity contribution in [3.05, 3.63) is 0 Å². The Balaban J connectivity index is 3.58. The molecule has 0 aromatic rings. The first-order valence-corrected chi connectivity index (χ1v) is 4.69. The first kappa shape index (κ1) is 10.7. The minimum atomic E-state index is 0.762. The molecule has 1 nitrogen and oxygen atoms in total. The molecule has 0 aliphatic carbocycles. The monoisotopic (exact) mass is 155 g/mol. The Morgan fingerprint density at radius 2 is 2.00 bits per heavy atom. The molecule has 1 heteroatoms. The van der Waals surface area contributed by atoms with Gasteiger partial charge in [-0.2, -0.15) is 0 Å². The molecule has 0 fully saturated rings. The van der Waals surface area contributed by atoms with E-state index in [-0.39, 0.29) is 0 Å². The standard InChI is InChI=1S/C10H21N/c1-4-5-10(6-7-11)8-9(2)3/h7,9-11H,4-6,8H2,1-3H3. The van der Waals surface area contributed by atoms with Crippen LogP contribution in [0.25, 0.3) is 0 Å². The molecule has 1 N–H and O–H groups in total. The maximum atomic E-state index is 7.03. The van der Waals surface area contributed by atoms with Gasteiger partial charge in [-0.3, -0.25) is 0 Å². The van der Waals surface area contributed by atoms with E-state index in [1.165, 1.54) is 19.3 Å². The number of nitrogens with one attached hydrogen (secondary N) is 1. The molecule has 1 atom stereocenters.